The van der Waals surface area contributed by atoms with Crippen molar-refractivity contribution in [3.05, 3.63) is 120 Å². The van der Waals surface area contributed by atoms with E-state index in [0.717, 1.165) is 107 Å². The number of amides is 2. The number of pyridine rings is 2. The number of nitrogens with zero attached hydrogens (tertiary/aromatic N) is 8. The summed E-state index contributed by atoms with van der Waals surface area (Å²) in [5, 5.41) is 0. The SMILES string of the molecule is CCC(=O)N(CC1(N2CCN(Cc3ccc(C(F)(F)F)nc3)CC2)CC1)c1ccccc1.CCC(=O)N(CC1(N2CCN(Cc3ccccn3)CC2)CC1)c1ccccc1. The lowest BCUT2D eigenvalue weighted by Gasteiger charge is -2.41. The van der Waals surface area contributed by atoms with Crippen LogP contribution in [0.1, 0.15) is 69.3 Å². The van der Waals surface area contributed by atoms with Crippen LogP contribution in [0.2, 0.25) is 0 Å². The van der Waals surface area contributed by atoms with Gasteiger partial charge in [-0.25, -0.2) is 0 Å². The number of anilines is 2. The number of hydrogen-bond donors (Lipinski definition) is 0. The number of hydrogen-bond acceptors (Lipinski definition) is 8. The number of rotatable bonds is 14. The van der Waals surface area contributed by atoms with E-state index in [4.69, 9.17) is 0 Å². The topological polar surface area (TPSA) is 79.4 Å². The molecule has 10 nitrogen and oxygen atoms in total. The van der Waals surface area contributed by atoms with Crippen molar-refractivity contribution < 1.29 is 22.8 Å². The van der Waals surface area contributed by atoms with E-state index in [0.29, 0.717) is 25.9 Å². The van der Waals surface area contributed by atoms with Crippen molar-refractivity contribution in [2.45, 2.75) is 82.7 Å². The zero-order valence-electron chi connectivity index (χ0n) is 35.1. The zero-order chi connectivity index (χ0) is 42.2. The number of aromatic nitrogens is 2. The summed E-state index contributed by atoms with van der Waals surface area (Å²) in [4.78, 5) is 47.1. The third kappa shape index (κ3) is 11.0. The molecule has 4 fully saturated rings. The van der Waals surface area contributed by atoms with E-state index in [1.807, 2.05) is 84.4 Å². The quantitative estimate of drug-likeness (QED) is 0.131. The van der Waals surface area contributed by atoms with Gasteiger partial charge < -0.3 is 9.80 Å². The lowest BCUT2D eigenvalue weighted by molar-refractivity contribution is -0.141. The minimum Gasteiger partial charge on any atom is -0.311 e. The Bertz CT molecular complexity index is 1960. The van der Waals surface area contributed by atoms with Crippen LogP contribution in [0, 0.1) is 0 Å². The van der Waals surface area contributed by atoms with E-state index < -0.39 is 11.9 Å². The van der Waals surface area contributed by atoms with Gasteiger partial charge in [-0.1, -0.05) is 62.4 Å². The normalized spacial score (nSPS) is 19.1. The maximum atomic E-state index is 12.7. The van der Waals surface area contributed by atoms with Crippen LogP contribution in [0.25, 0.3) is 0 Å². The maximum absolute atomic E-state index is 12.7. The van der Waals surface area contributed by atoms with Crippen molar-refractivity contribution in [1.29, 1.82) is 0 Å². The molecule has 0 N–H and O–H groups in total. The van der Waals surface area contributed by atoms with Gasteiger partial charge in [-0.2, -0.15) is 13.2 Å². The molecule has 2 amide bonds. The Morgan fingerprint density at radius 3 is 1.45 bits per heavy atom. The lowest BCUT2D eigenvalue weighted by atomic mass is 10.1. The molecule has 0 unspecified atom stereocenters. The number of benzene rings is 2. The predicted octanol–water partition coefficient (Wildman–Crippen LogP) is 7.37. The van der Waals surface area contributed by atoms with Crippen molar-refractivity contribution in [2.24, 2.45) is 0 Å². The van der Waals surface area contributed by atoms with E-state index in [1.165, 1.54) is 25.1 Å². The predicted molar refractivity (Wildman–Crippen MR) is 229 cm³/mol. The number of carbonyl (C=O) groups is 2. The van der Waals surface area contributed by atoms with Gasteiger partial charge in [0.05, 0.1) is 5.69 Å². The van der Waals surface area contributed by atoms with Crippen molar-refractivity contribution >= 4 is 23.2 Å². The highest BCUT2D eigenvalue weighted by atomic mass is 19.4. The van der Waals surface area contributed by atoms with Crippen LogP contribution in [0.5, 0.6) is 0 Å². The van der Waals surface area contributed by atoms with Crippen LogP contribution in [-0.2, 0) is 28.9 Å². The molecule has 4 aromatic rings. The van der Waals surface area contributed by atoms with Crippen LogP contribution in [0.15, 0.2) is 103 Å². The molecule has 320 valence electrons. The molecule has 8 rings (SSSR count). The van der Waals surface area contributed by atoms with Crippen LogP contribution < -0.4 is 9.80 Å². The van der Waals surface area contributed by atoms with Crippen LogP contribution >= 0.6 is 0 Å². The second kappa shape index (κ2) is 19.4. The largest absolute Gasteiger partial charge is 0.433 e. The highest BCUT2D eigenvalue weighted by molar-refractivity contribution is 5.94. The van der Waals surface area contributed by atoms with Gasteiger partial charge in [0, 0.05) is 126 Å². The molecule has 60 heavy (non-hydrogen) atoms. The fourth-order valence-corrected chi connectivity index (χ4v) is 8.70. The zero-order valence-corrected chi connectivity index (χ0v) is 35.1. The molecule has 0 atom stereocenters. The van der Waals surface area contributed by atoms with Crippen LogP contribution in [0.4, 0.5) is 24.5 Å². The third-order valence-corrected chi connectivity index (χ3v) is 12.6. The van der Waals surface area contributed by atoms with Crippen LogP contribution in [0.3, 0.4) is 0 Å². The molecule has 0 bridgehead atoms. The van der Waals surface area contributed by atoms with E-state index >= 15 is 0 Å². The monoisotopic (exact) mass is 824 g/mol. The van der Waals surface area contributed by atoms with Gasteiger partial charge in [0.25, 0.3) is 0 Å². The number of halogens is 3. The summed E-state index contributed by atoms with van der Waals surface area (Å²) in [5.41, 5.74) is 3.23. The molecule has 2 aromatic heterocycles. The van der Waals surface area contributed by atoms with E-state index in [1.54, 1.807) is 0 Å². The van der Waals surface area contributed by atoms with Gasteiger partial charge in [-0.05, 0) is 73.7 Å². The first-order valence-electron chi connectivity index (χ1n) is 21.6. The standard InChI is InChI=1S/C24H29F3N4O.C23H30N4O/c1-2-22(32)31(20-6-4-3-5-7-20)18-23(10-11-23)30-14-12-29(13-15-30)17-19-8-9-21(28-16-19)24(25,26)27;1-2-22(28)27(21-9-4-3-5-10-21)19-23(11-12-23)26-16-14-25(15-17-26)18-20-8-6-7-13-24-20/h3-9,16H,2,10-15,17-18H2,1H3;3-10,13H,2,11-12,14-19H2,1H3. The Labute approximate surface area is 353 Å². The maximum Gasteiger partial charge on any atom is 0.433 e. The molecule has 2 saturated carbocycles. The van der Waals surface area contributed by atoms with Crippen molar-refractivity contribution in [1.82, 2.24) is 29.6 Å². The molecule has 2 aliphatic carbocycles. The third-order valence-electron chi connectivity index (χ3n) is 12.6. The molecular weight excluding hydrogens is 766 g/mol. The van der Waals surface area contributed by atoms with E-state index in [-0.39, 0.29) is 22.9 Å². The first-order valence-corrected chi connectivity index (χ1v) is 21.6. The van der Waals surface area contributed by atoms with Crippen molar-refractivity contribution in [3.8, 4) is 0 Å². The Kier molecular flexibility index (Phi) is 14.0. The summed E-state index contributed by atoms with van der Waals surface area (Å²) in [6.45, 7) is 14.6. The smallest absolute Gasteiger partial charge is 0.311 e. The average Bonchev–Trinajstić information content (AvgIpc) is 4.23. The highest BCUT2D eigenvalue weighted by Gasteiger charge is 2.51. The summed E-state index contributed by atoms with van der Waals surface area (Å²) in [5.74, 6) is 0.349. The van der Waals surface area contributed by atoms with Gasteiger partial charge in [-0.3, -0.25) is 39.2 Å². The second-order valence-corrected chi connectivity index (χ2v) is 16.7. The number of para-hydroxylation sites is 2. The first-order chi connectivity index (χ1) is 29.0. The van der Waals surface area contributed by atoms with Gasteiger partial charge >= 0.3 is 6.18 Å². The summed E-state index contributed by atoms with van der Waals surface area (Å²) in [7, 11) is 0. The Morgan fingerprint density at radius 2 is 1.07 bits per heavy atom. The number of alkyl halides is 3. The molecule has 2 aromatic carbocycles. The molecule has 0 radical (unpaired) electrons. The Hall–Kier alpha value is -4.69. The van der Waals surface area contributed by atoms with Crippen LogP contribution in [-0.4, -0.2) is 118 Å². The minimum atomic E-state index is -4.41. The fourth-order valence-electron chi connectivity index (χ4n) is 8.70. The molecule has 2 aliphatic heterocycles. The summed E-state index contributed by atoms with van der Waals surface area (Å²) >= 11 is 0. The van der Waals surface area contributed by atoms with Gasteiger partial charge in [0.1, 0.15) is 5.69 Å². The number of piperazine rings is 2. The first kappa shape index (κ1) is 43.4. The summed E-state index contributed by atoms with van der Waals surface area (Å²) in [6, 6.07) is 28.7. The minimum absolute atomic E-state index is 0.0304. The van der Waals surface area contributed by atoms with Gasteiger partial charge in [0.15, 0.2) is 0 Å². The molecule has 13 heteroatoms. The lowest BCUT2D eigenvalue weighted by Crippen LogP contribution is -2.55. The Morgan fingerprint density at radius 1 is 0.600 bits per heavy atom. The molecule has 2 saturated heterocycles. The van der Waals surface area contributed by atoms with Gasteiger partial charge in [0.2, 0.25) is 11.8 Å². The summed E-state index contributed by atoms with van der Waals surface area (Å²) < 4.78 is 38.1. The van der Waals surface area contributed by atoms with Gasteiger partial charge in [-0.15, -0.1) is 0 Å². The molecular formula is C47H59F3N8O2. The van der Waals surface area contributed by atoms with E-state index in [9.17, 15) is 22.8 Å². The second-order valence-electron chi connectivity index (χ2n) is 16.7. The highest BCUT2D eigenvalue weighted by Crippen LogP contribution is 2.45. The molecule has 4 aliphatic rings. The van der Waals surface area contributed by atoms with E-state index in [2.05, 4.69) is 53.8 Å². The van der Waals surface area contributed by atoms with Crippen molar-refractivity contribution in [3.63, 3.8) is 0 Å². The fraction of sp³-hybridized carbons (Fsp3) is 0.489. The molecule has 0 spiro atoms. The van der Waals surface area contributed by atoms with Crippen molar-refractivity contribution in [2.75, 3.05) is 75.2 Å². The summed E-state index contributed by atoms with van der Waals surface area (Å²) in [6.07, 6.45) is 4.34. The number of carbonyl (C=O) groups excluding carboxylic acids is 2. The Balaban J connectivity index is 0.000000183. The molecule has 4 heterocycles. The average molecular weight is 825 g/mol.